The third-order valence-corrected chi connectivity index (χ3v) is 4.21. The van der Waals surface area contributed by atoms with Crippen molar-refractivity contribution in [3.05, 3.63) is 47.0 Å². The minimum absolute atomic E-state index is 0.0428. The van der Waals surface area contributed by atoms with Crippen LogP contribution in [0.5, 0.6) is 0 Å². The van der Waals surface area contributed by atoms with Crippen LogP contribution in [0.1, 0.15) is 40.1 Å². The lowest BCUT2D eigenvalue weighted by Crippen LogP contribution is -2.08. The molecule has 1 N–H and O–H groups in total. The van der Waals surface area contributed by atoms with Crippen molar-refractivity contribution in [1.82, 2.24) is 9.97 Å². The summed E-state index contributed by atoms with van der Waals surface area (Å²) in [6, 6.07) is 9.71. The Morgan fingerprint density at radius 3 is 2.29 bits per heavy atom. The van der Waals surface area contributed by atoms with Gasteiger partial charge in [-0.3, -0.25) is 9.59 Å². The number of benzene rings is 2. The fourth-order valence-electron chi connectivity index (χ4n) is 3.00. The van der Waals surface area contributed by atoms with Crippen LogP contribution in [0.15, 0.2) is 30.3 Å². The van der Waals surface area contributed by atoms with Crippen molar-refractivity contribution in [2.75, 3.05) is 0 Å². The summed E-state index contributed by atoms with van der Waals surface area (Å²) in [5.74, 6) is 0.550. The summed E-state index contributed by atoms with van der Waals surface area (Å²) < 4.78 is 0. The molecule has 0 aliphatic carbocycles. The Morgan fingerprint density at radius 1 is 1.08 bits per heavy atom. The van der Waals surface area contributed by atoms with Crippen molar-refractivity contribution in [2.24, 2.45) is 0 Å². The molecule has 3 rings (SSSR count). The minimum Gasteiger partial charge on any atom is -0.337 e. The molecule has 3 aromatic rings. The van der Waals surface area contributed by atoms with Gasteiger partial charge in [0.1, 0.15) is 18.6 Å². The van der Waals surface area contributed by atoms with Gasteiger partial charge in [0.2, 0.25) is 0 Å². The molecule has 2 aromatic carbocycles. The van der Waals surface area contributed by atoms with Crippen LogP contribution in [0.4, 0.5) is 0 Å². The largest absolute Gasteiger partial charge is 0.337 e. The van der Waals surface area contributed by atoms with Crippen molar-refractivity contribution in [3.63, 3.8) is 0 Å². The monoisotopic (exact) mass is 317 g/mol. The number of aryl methyl sites for hydroxylation is 1. The number of ketones is 2. The van der Waals surface area contributed by atoms with Gasteiger partial charge in [-0.15, -0.1) is 0 Å². The van der Waals surface area contributed by atoms with Gasteiger partial charge in [0.05, 0.1) is 5.52 Å². The van der Waals surface area contributed by atoms with Crippen LogP contribution in [0.25, 0.3) is 22.4 Å². The van der Waals surface area contributed by atoms with Crippen LogP contribution in [-0.2, 0) is 0 Å². The van der Waals surface area contributed by atoms with Crippen molar-refractivity contribution >= 4 is 35.3 Å². The molecule has 1 aromatic heterocycles. The molecule has 0 aliphatic rings. The smallest absolute Gasteiger partial charge is 0.162 e. The number of aromatic amines is 1. The van der Waals surface area contributed by atoms with E-state index >= 15 is 0 Å². The SMILES string of the molecule is C[B]c1ccc(-c2nc3c(C(C)=O)cc(C)c(C(C)=O)c3[nH]2)cc1. The molecule has 4 nitrogen and oxygen atoms in total. The maximum Gasteiger partial charge on any atom is 0.162 e. The molecule has 5 heteroatoms. The average Bonchev–Trinajstić information content (AvgIpc) is 2.98. The zero-order chi connectivity index (χ0) is 17.4. The van der Waals surface area contributed by atoms with E-state index in [1.165, 1.54) is 13.8 Å². The first-order valence-corrected chi connectivity index (χ1v) is 7.87. The molecule has 24 heavy (non-hydrogen) atoms. The van der Waals surface area contributed by atoms with Gasteiger partial charge < -0.3 is 4.98 Å². The topological polar surface area (TPSA) is 62.8 Å². The Hall–Kier alpha value is -2.69. The van der Waals surface area contributed by atoms with Crippen LogP contribution in [0.3, 0.4) is 0 Å². The van der Waals surface area contributed by atoms with Gasteiger partial charge in [-0.05, 0) is 32.4 Å². The average molecular weight is 317 g/mol. The van der Waals surface area contributed by atoms with Crippen LogP contribution in [-0.4, -0.2) is 28.8 Å². The number of carbonyl (C=O) groups is 2. The standard InChI is InChI=1S/C19H18BN2O2/c1-10-9-15(11(2)23)17-18(16(10)12(3)24)22-19(21-17)13-5-7-14(20-4)8-6-13/h5-9H,1-4H3,(H,21,22). The Balaban J connectivity index is 2.28. The van der Waals surface area contributed by atoms with Gasteiger partial charge in [-0.2, -0.15) is 0 Å². The van der Waals surface area contributed by atoms with Crippen molar-refractivity contribution in [2.45, 2.75) is 27.6 Å². The van der Waals surface area contributed by atoms with Gasteiger partial charge in [0.15, 0.2) is 11.6 Å². The fraction of sp³-hybridized carbons (Fsp3) is 0.211. The molecule has 1 radical (unpaired) electrons. The highest BCUT2D eigenvalue weighted by molar-refractivity contribution is 6.51. The Bertz CT molecular complexity index is 956. The molecule has 0 atom stereocenters. The summed E-state index contributed by atoms with van der Waals surface area (Å²) in [5, 5.41) is 0. The zero-order valence-electron chi connectivity index (χ0n) is 14.2. The second-order valence-corrected chi connectivity index (χ2v) is 5.95. The highest BCUT2D eigenvalue weighted by atomic mass is 16.1. The summed E-state index contributed by atoms with van der Waals surface area (Å²) >= 11 is 0. The maximum absolute atomic E-state index is 12.1. The Morgan fingerprint density at radius 2 is 1.75 bits per heavy atom. The summed E-state index contributed by atoms with van der Waals surface area (Å²) in [4.78, 5) is 31.9. The van der Waals surface area contributed by atoms with E-state index in [0.717, 1.165) is 16.6 Å². The van der Waals surface area contributed by atoms with Crippen LogP contribution >= 0.6 is 0 Å². The molecule has 0 unspecified atom stereocenters. The predicted molar refractivity (Wildman–Crippen MR) is 97.5 cm³/mol. The maximum atomic E-state index is 12.1. The molecule has 0 fully saturated rings. The van der Waals surface area contributed by atoms with E-state index in [1.54, 1.807) is 6.07 Å². The summed E-state index contributed by atoms with van der Waals surface area (Å²) in [6.07, 6.45) is 0. The summed E-state index contributed by atoms with van der Waals surface area (Å²) in [7, 11) is 2.02. The number of fused-ring (bicyclic) bond motifs is 1. The number of hydrogen-bond donors (Lipinski definition) is 1. The van der Waals surface area contributed by atoms with E-state index in [-0.39, 0.29) is 11.6 Å². The minimum atomic E-state index is -0.0628. The van der Waals surface area contributed by atoms with E-state index in [2.05, 4.69) is 9.97 Å². The lowest BCUT2D eigenvalue weighted by molar-refractivity contribution is 0.100. The van der Waals surface area contributed by atoms with Crippen molar-refractivity contribution < 1.29 is 9.59 Å². The Labute approximate surface area is 141 Å². The molecular weight excluding hydrogens is 299 g/mol. The molecule has 0 amide bonds. The number of nitrogens with one attached hydrogen (secondary N) is 1. The van der Waals surface area contributed by atoms with Crippen molar-refractivity contribution in [3.8, 4) is 11.4 Å². The summed E-state index contributed by atoms with van der Waals surface area (Å²) in [6.45, 7) is 6.87. The van der Waals surface area contributed by atoms with Gasteiger partial charge in [-0.25, -0.2) is 4.98 Å². The normalized spacial score (nSPS) is 10.8. The van der Waals surface area contributed by atoms with E-state index in [9.17, 15) is 9.59 Å². The molecule has 0 saturated heterocycles. The van der Waals surface area contributed by atoms with Gasteiger partial charge >= 0.3 is 0 Å². The van der Waals surface area contributed by atoms with E-state index in [1.807, 2.05) is 45.3 Å². The zero-order valence-corrected chi connectivity index (χ0v) is 14.2. The highest BCUT2D eigenvalue weighted by Gasteiger charge is 2.19. The van der Waals surface area contributed by atoms with Gasteiger partial charge in [-0.1, -0.05) is 36.6 Å². The quantitative estimate of drug-likeness (QED) is 0.593. The molecular formula is C19H18BN2O2. The first-order valence-electron chi connectivity index (χ1n) is 7.87. The van der Waals surface area contributed by atoms with Gasteiger partial charge in [0, 0.05) is 16.7 Å². The van der Waals surface area contributed by atoms with Gasteiger partial charge in [0.25, 0.3) is 0 Å². The first-order chi connectivity index (χ1) is 11.4. The number of carbonyl (C=O) groups excluding carboxylic acids is 2. The number of rotatable bonds is 4. The molecule has 1 heterocycles. The fourth-order valence-corrected chi connectivity index (χ4v) is 3.00. The number of imidazole rings is 1. The molecule has 0 bridgehead atoms. The van der Waals surface area contributed by atoms with Crippen LogP contribution in [0.2, 0.25) is 6.82 Å². The number of H-pyrrole nitrogens is 1. The third-order valence-electron chi connectivity index (χ3n) is 4.21. The van der Waals surface area contributed by atoms with Crippen LogP contribution in [0, 0.1) is 6.92 Å². The number of hydrogen-bond acceptors (Lipinski definition) is 3. The molecule has 0 spiro atoms. The van der Waals surface area contributed by atoms with Crippen LogP contribution < -0.4 is 5.46 Å². The second kappa shape index (κ2) is 6.08. The Kier molecular flexibility index (Phi) is 4.10. The lowest BCUT2D eigenvalue weighted by atomic mass is 9.73. The number of nitrogens with zero attached hydrogens (tertiary/aromatic N) is 1. The highest BCUT2D eigenvalue weighted by Crippen LogP contribution is 2.28. The molecule has 119 valence electrons. The van der Waals surface area contributed by atoms with E-state index in [4.69, 9.17) is 0 Å². The predicted octanol–water partition coefficient (Wildman–Crippen LogP) is 3.32. The number of Topliss-reactive ketones (excluding diaryl/α,β-unsaturated/α-hetero) is 2. The van der Waals surface area contributed by atoms with Crippen molar-refractivity contribution in [1.29, 1.82) is 0 Å². The van der Waals surface area contributed by atoms with E-state index in [0.29, 0.717) is 28.0 Å². The molecule has 0 saturated carbocycles. The van der Waals surface area contributed by atoms with E-state index < -0.39 is 0 Å². The third kappa shape index (κ3) is 2.66. The summed E-state index contributed by atoms with van der Waals surface area (Å²) in [5.41, 5.74) is 5.14. The molecule has 0 aliphatic heterocycles. The number of aromatic nitrogens is 2. The lowest BCUT2D eigenvalue weighted by Gasteiger charge is -2.06. The first kappa shape index (κ1) is 16.2. The second-order valence-electron chi connectivity index (χ2n) is 5.95.